The Morgan fingerprint density at radius 2 is 2.38 bits per heavy atom. The van der Waals surface area contributed by atoms with Crippen LogP contribution >= 0.6 is 11.3 Å². The number of halogens is 1. The van der Waals surface area contributed by atoms with Crippen molar-refractivity contribution < 1.29 is 9.13 Å². The Morgan fingerprint density at radius 3 is 3.14 bits per heavy atom. The van der Waals surface area contributed by atoms with Crippen molar-refractivity contribution >= 4 is 21.6 Å². The summed E-state index contributed by atoms with van der Waals surface area (Å²) in [6.07, 6.45) is 2.29. The van der Waals surface area contributed by atoms with Crippen molar-refractivity contribution in [1.82, 2.24) is 9.88 Å². The fourth-order valence-electron chi connectivity index (χ4n) is 2.92. The average molecular weight is 309 g/mol. The van der Waals surface area contributed by atoms with E-state index in [0.29, 0.717) is 18.7 Å². The maximum atomic E-state index is 13.2. The minimum Gasteiger partial charge on any atom is -0.381 e. The quantitative estimate of drug-likeness (QED) is 0.942. The SMILES string of the molecule is COC1CCN(Cc2nc3ccc(F)cc3s2)C(CN)C1. The van der Waals surface area contributed by atoms with Gasteiger partial charge in [-0.15, -0.1) is 11.3 Å². The van der Waals surface area contributed by atoms with E-state index in [-0.39, 0.29) is 5.82 Å². The number of ether oxygens (including phenoxy) is 1. The second-order valence-corrected chi connectivity index (χ2v) is 6.58. The molecule has 1 fully saturated rings. The molecule has 0 amide bonds. The number of benzene rings is 1. The first-order valence-corrected chi connectivity index (χ1v) is 8.03. The van der Waals surface area contributed by atoms with Crippen LogP contribution in [-0.2, 0) is 11.3 Å². The maximum Gasteiger partial charge on any atom is 0.124 e. The van der Waals surface area contributed by atoms with E-state index in [2.05, 4.69) is 9.88 Å². The highest BCUT2D eigenvalue weighted by Crippen LogP contribution is 2.26. The molecule has 1 aromatic carbocycles. The molecular weight excluding hydrogens is 289 g/mol. The summed E-state index contributed by atoms with van der Waals surface area (Å²) < 4.78 is 19.6. The van der Waals surface area contributed by atoms with Gasteiger partial charge in [-0.25, -0.2) is 9.37 Å². The van der Waals surface area contributed by atoms with Gasteiger partial charge >= 0.3 is 0 Å². The second kappa shape index (κ2) is 6.36. The van der Waals surface area contributed by atoms with Crippen LogP contribution < -0.4 is 5.73 Å². The topological polar surface area (TPSA) is 51.4 Å². The highest BCUT2D eigenvalue weighted by Gasteiger charge is 2.28. The number of thiazole rings is 1. The van der Waals surface area contributed by atoms with Crippen molar-refractivity contribution in [2.24, 2.45) is 5.73 Å². The Balaban J connectivity index is 1.74. The molecule has 1 aliphatic heterocycles. The van der Waals surface area contributed by atoms with Gasteiger partial charge in [0.15, 0.2) is 0 Å². The van der Waals surface area contributed by atoms with Crippen LogP contribution in [0.15, 0.2) is 18.2 Å². The van der Waals surface area contributed by atoms with E-state index in [1.54, 1.807) is 30.6 Å². The smallest absolute Gasteiger partial charge is 0.124 e. The minimum atomic E-state index is -0.210. The van der Waals surface area contributed by atoms with E-state index in [9.17, 15) is 4.39 Å². The lowest BCUT2D eigenvalue weighted by Gasteiger charge is -2.37. The molecule has 2 atom stereocenters. The first-order valence-electron chi connectivity index (χ1n) is 7.21. The predicted octanol–water partition coefficient (Wildman–Crippen LogP) is 2.37. The fourth-order valence-corrected chi connectivity index (χ4v) is 3.94. The maximum absolute atomic E-state index is 13.2. The van der Waals surface area contributed by atoms with E-state index in [1.807, 2.05) is 0 Å². The number of hydrogen-bond donors (Lipinski definition) is 1. The van der Waals surface area contributed by atoms with Crippen LogP contribution in [0.4, 0.5) is 4.39 Å². The van der Waals surface area contributed by atoms with E-state index >= 15 is 0 Å². The first-order chi connectivity index (χ1) is 10.2. The van der Waals surface area contributed by atoms with Crippen molar-refractivity contribution in [3.05, 3.63) is 29.0 Å². The Bertz CT molecular complexity index is 618. The highest BCUT2D eigenvalue weighted by atomic mass is 32.1. The number of piperidine rings is 1. The average Bonchev–Trinajstić information content (AvgIpc) is 2.89. The molecule has 1 saturated heterocycles. The van der Waals surface area contributed by atoms with Gasteiger partial charge in [0.1, 0.15) is 10.8 Å². The largest absolute Gasteiger partial charge is 0.381 e. The fraction of sp³-hybridized carbons (Fsp3) is 0.533. The molecule has 0 aliphatic carbocycles. The van der Waals surface area contributed by atoms with E-state index in [1.165, 1.54) is 6.07 Å². The lowest BCUT2D eigenvalue weighted by atomic mass is 9.99. The van der Waals surface area contributed by atoms with Gasteiger partial charge < -0.3 is 10.5 Å². The number of nitrogens with two attached hydrogens (primary N) is 1. The number of hydrogen-bond acceptors (Lipinski definition) is 5. The summed E-state index contributed by atoms with van der Waals surface area (Å²) in [4.78, 5) is 6.96. The Morgan fingerprint density at radius 1 is 1.52 bits per heavy atom. The van der Waals surface area contributed by atoms with Crippen molar-refractivity contribution in [2.75, 3.05) is 20.2 Å². The van der Waals surface area contributed by atoms with Gasteiger partial charge in [-0.1, -0.05) is 0 Å². The van der Waals surface area contributed by atoms with Crippen LogP contribution in [0.25, 0.3) is 10.2 Å². The van der Waals surface area contributed by atoms with Crippen molar-refractivity contribution in [3.63, 3.8) is 0 Å². The lowest BCUT2D eigenvalue weighted by Crippen LogP contribution is -2.47. The van der Waals surface area contributed by atoms with Gasteiger partial charge in [-0.05, 0) is 31.0 Å². The molecule has 2 unspecified atom stereocenters. The number of methoxy groups -OCH3 is 1. The van der Waals surface area contributed by atoms with Gasteiger partial charge in [-0.2, -0.15) is 0 Å². The second-order valence-electron chi connectivity index (χ2n) is 5.46. The monoisotopic (exact) mass is 309 g/mol. The highest BCUT2D eigenvalue weighted by molar-refractivity contribution is 7.18. The zero-order valence-electron chi connectivity index (χ0n) is 12.1. The molecular formula is C15H20FN3OS. The van der Waals surface area contributed by atoms with Crippen molar-refractivity contribution in [2.45, 2.75) is 31.5 Å². The zero-order valence-corrected chi connectivity index (χ0v) is 12.9. The minimum absolute atomic E-state index is 0.210. The summed E-state index contributed by atoms with van der Waals surface area (Å²) in [5.41, 5.74) is 6.76. The zero-order chi connectivity index (χ0) is 14.8. The summed E-state index contributed by atoms with van der Waals surface area (Å²) in [7, 11) is 1.76. The number of likely N-dealkylation sites (tertiary alicyclic amines) is 1. The summed E-state index contributed by atoms with van der Waals surface area (Å²) in [5.74, 6) is -0.210. The Kier molecular flexibility index (Phi) is 4.49. The molecule has 2 N–H and O–H groups in total. The molecule has 0 saturated carbocycles. The Labute approximate surface area is 127 Å². The predicted molar refractivity (Wildman–Crippen MR) is 82.9 cm³/mol. The van der Waals surface area contributed by atoms with Crippen LogP contribution in [0.1, 0.15) is 17.8 Å². The number of aromatic nitrogens is 1. The van der Waals surface area contributed by atoms with Gasteiger partial charge in [0.05, 0.1) is 22.9 Å². The number of fused-ring (bicyclic) bond motifs is 1. The molecule has 0 radical (unpaired) electrons. The standard InChI is InChI=1S/C15H20FN3OS/c1-20-12-4-5-19(11(7-12)8-17)9-15-18-13-3-2-10(16)6-14(13)21-15/h2-3,6,11-12H,4-5,7-9,17H2,1H3. The van der Waals surface area contributed by atoms with Gasteiger partial charge in [0.25, 0.3) is 0 Å². The summed E-state index contributed by atoms with van der Waals surface area (Å²) in [6.45, 7) is 2.36. The lowest BCUT2D eigenvalue weighted by molar-refractivity contribution is 0.0102. The molecule has 114 valence electrons. The Hall–Kier alpha value is -1.08. The number of nitrogens with zero attached hydrogens (tertiary/aromatic N) is 2. The molecule has 21 heavy (non-hydrogen) atoms. The third-order valence-corrected chi connectivity index (χ3v) is 5.13. The van der Waals surface area contributed by atoms with Crippen LogP contribution in [0.2, 0.25) is 0 Å². The third-order valence-electron chi connectivity index (χ3n) is 4.13. The van der Waals surface area contributed by atoms with Crippen LogP contribution in [0, 0.1) is 5.82 Å². The molecule has 4 nitrogen and oxygen atoms in total. The summed E-state index contributed by atoms with van der Waals surface area (Å²) in [6, 6.07) is 5.07. The van der Waals surface area contributed by atoms with Crippen LogP contribution in [0.5, 0.6) is 0 Å². The molecule has 1 aromatic heterocycles. The number of rotatable bonds is 4. The molecule has 0 spiro atoms. The van der Waals surface area contributed by atoms with E-state index in [4.69, 9.17) is 10.5 Å². The summed E-state index contributed by atoms with van der Waals surface area (Å²) in [5, 5.41) is 1.02. The van der Waals surface area contributed by atoms with E-state index in [0.717, 1.165) is 41.2 Å². The molecule has 2 aromatic rings. The molecule has 2 heterocycles. The third kappa shape index (κ3) is 3.23. The molecule has 3 rings (SSSR count). The normalized spacial score (nSPS) is 23.8. The van der Waals surface area contributed by atoms with Crippen molar-refractivity contribution in [3.8, 4) is 0 Å². The first kappa shape index (κ1) is 14.8. The van der Waals surface area contributed by atoms with E-state index < -0.39 is 0 Å². The molecule has 1 aliphatic rings. The van der Waals surface area contributed by atoms with Gasteiger partial charge in [-0.3, -0.25) is 4.90 Å². The molecule has 6 heteroatoms. The van der Waals surface area contributed by atoms with Crippen LogP contribution in [-0.4, -0.2) is 42.2 Å². The van der Waals surface area contributed by atoms with Crippen molar-refractivity contribution in [1.29, 1.82) is 0 Å². The van der Waals surface area contributed by atoms with Gasteiger partial charge in [0, 0.05) is 26.2 Å². The van der Waals surface area contributed by atoms with Gasteiger partial charge in [0.2, 0.25) is 0 Å². The summed E-state index contributed by atoms with van der Waals surface area (Å²) >= 11 is 1.56. The van der Waals surface area contributed by atoms with Crippen LogP contribution in [0.3, 0.4) is 0 Å². The molecule has 0 bridgehead atoms.